The van der Waals surface area contributed by atoms with Crippen LogP contribution in [0.4, 0.5) is 5.13 Å². The molecule has 146 valence electrons. The number of hydrogen-bond donors (Lipinski definition) is 1. The van der Waals surface area contributed by atoms with E-state index in [0.29, 0.717) is 28.3 Å². The Kier molecular flexibility index (Phi) is 7.80. The number of thioether (sulfide) groups is 1. The van der Waals surface area contributed by atoms with Crippen molar-refractivity contribution in [3.05, 3.63) is 41.4 Å². The van der Waals surface area contributed by atoms with Crippen LogP contribution in [0, 0.1) is 0 Å². The lowest BCUT2D eigenvalue weighted by Gasteiger charge is -2.19. The van der Waals surface area contributed by atoms with E-state index >= 15 is 0 Å². The molecule has 1 amide bonds. The zero-order valence-electron chi connectivity index (χ0n) is 14.8. The smallest absolute Gasteiger partial charge is 0.259 e. The number of rotatable bonds is 9. The maximum Gasteiger partial charge on any atom is 0.259 e. The summed E-state index contributed by atoms with van der Waals surface area (Å²) in [4.78, 5) is 12.6. The molecule has 1 heterocycles. The Balaban J connectivity index is 2.26. The van der Waals surface area contributed by atoms with Crippen molar-refractivity contribution in [3.63, 3.8) is 0 Å². The molecule has 0 radical (unpaired) electrons. The van der Waals surface area contributed by atoms with Crippen LogP contribution in [0.5, 0.6) is 0 Å². The molecular formula is C16H19ClN4O3S3. The van der Waals surface area contributed by atoms with Crippen molar-refractivity contribution in [1.29, 1.82) is 0 Å². The Hall–Kier alpha value is -1.46. The Morgan fingerprint density at radius 3 is 2.70 bits per heavy atom. The maximum atomic E-state index is 12.7. The van der Waals surface area contributed by atoms with Crippen molar-refractivity contribution in [2.45, 2.75) is 23.1 Å². The minimum atomic E-state index is -3.70. The van der Waals surface area contributed by atoms with E-state index in [-0.39, 0.29) is 15.5 Å². The van der Waals surface area contributed by atoms with E-state index in [4.69, 9.17) is 11.6 Å². The summed E-state index contributed by atoms with van der Waals surface area (Å²) in [7, 11) is -3.70. The SMILES string of the molecule is C=CCSc1nnc(NC(=O)c2cc(S(=O)(=O)N(CC)CC)ccc2Cl)s1. The summed E-state index contributed by atoms with van der Waals surface area (Å²) in [5.41, 5.74) is 0.0559. The third-order valence-corrected chi connectivity index (χ3v) is 7.82. The summed E-state index contributed by atoms with van der Waals surface area (Å²) in [5, 5.41) is 10.9. The third-order valence-electron chi connectivity index (χ3n) is 3.48. The monoisotopic (exact) mass is 446 g/mol. The first-order valence-electron chi connectivity index (χ1n) is 8.01. The molecule has 0 spiro atoms. The van der Waals surface area contributed by atoms with Crippen molar-refractivity contribution in [2.75, 3.05) is 24.2 Å². The summed E-state index contributed by atoms with van der Waals surface area (Å²) < 4.78 is 27.3. The van der Waals surface area contributed by atoms with Gasteiger partial charge in [-0.2, -0.15) is 4.31 Å². The van der Waals surface area contributed by atoms with Crippen LogP contribution in [-0.4, -0.2) is 47.7 Å². The van der Waals surface area contributed by atoms with Crippen molar-refractivity contribution in [2.24, 2.45) is 0 Å². The van der Waals surface area contributed by atoms with Gasteiger partial charge in [0, 0.05) is 18.8 Å². The number of nitrogens with one attached hydrogen (secondary N) is 1. The molecule has 0 unspecified atom stereocenters. The van der Waals surface area contributed by atoms with Crippen molar-refractivity contribution < 1.29 is 13.2 Å². The van der Waals surface area contributed by atoms with Crippen molar-refractivity contribution in [3.8, 4) is 0 Å². The number of sulfonamides is 1. The lowest BCUT2D eigenvalue weighted by Crippen LogP contribution is -2.30. The highest BCUT2D eigenvalue weighted by molar-refractivity contribution is 8.01. The molecule has 1 aromatic heterocycles. The van der Waals surface area contributed by atoms with Gasteiger partial charge in [0.1, 0.15) is 0 Å². The van der Waals surface area contributed by atoms with Gasteiger partial charge in [-0.05, 0) is 18.2 Å². The van der Waals surface area contributed by atoms with E-state index in [1.807, 2.05) is 0 Å². The zero-order valence-corrected chi connectivity index (χ0v) is 18.0. The van der Waals surface area contributed by atoms with Crippen LogP contribution >= 0.6 is 34.7 Å². The van der Waals surface area contributed by atoms with E-state index in [2.05, 4.69) is 22.1 Å². The van der Waals surface area contributed by atoms with Gasteiger partial charge in [0.25, 0.3) is 5.91 Å². The number of hydrogen-bond acceptors (Lipinski definition) is 7. The standard InChI is InChI=1S/C16H19ClN4O3S3/c1-4-9-25-16-20-19-15(26-16)18-14(22)12-10-11(7-8-13(12)17)27(23,24)21(5-2)6-3/h4,7-8,10H,1,5-6,9H2,2-3H3,(H,18,19,22). The molecule has 0 aliphatic rings. The minimum Gasteiger partial charge on any atom is -0.296 e. The number of carbonyl (C=O) groups is 1. The van der Waals surface area contributed by atoms with Gasteiger partial charge in [0.15, 0.2) is 4.34 Å². The molecular weight excluding hydrogens is 428 g/mol. The van der Waals surface area contributed by atoms with E-state index in [1.165, 1.54) is 45.6 Å². The Bertz CT molecular complexity index is 927. The first-order chi connectivity index (χ1) is 12.8. The van der Waals surface area contributed by atoms with Gasteiger partial charge in [-0.3, -0.25) is 10.1 Å². The van der Waals surface area contributed by atoms with Crippen LogP contribution in [0.3, 0.4) is 0 Å². The van der Waals surface area contributed by atoms with Crippen LogP contribution in [0.2, 0.25) is 5.02 Å². The van der Waals surface area contributed by atoms with E-state index in [9.17, 15) is 13.2 Å². The summed E-state index contributed by atoms with van der Waals surface area (Å²) in [6, 6.07) is 4.07. The van der Waals surface area contributed by atoms with Gasteiger partial charge in [-0.1, -0.05) is 54.6 Å². The van der Waals surface area contributed by atoms with Crippen LogP contribution in [0.25, 0.3) is 0 Å². The largest absolute Gasteiger partial charge is 0.296 e. The number of carbonyl (C=O) groups excluding carboxylic acids is 1. The summed E-state index contributed by atoms with van der Waals surface area (Å²) in [6.07, 6.45) is 1.74. The highest BCUT2D eigenvalue weighted by Crippen LogP contribution is 2.27. The first-order valence-corrected chi connectivity index (χ1v) is 11.6. The topological polar surface area (TPSA) is 92.3 Å². The quantitative estimate of drug-likeness (QED) is 0.358. The Morgan fingerprint density at radius 2 is 2.07 bits per heavy atom. The number of amides is 1. The summed E-state index contributed by atoms with van der Waals surface area (Å²) >= 11 is 8.77. The highest BCUT2D eigenvalue weighted by Gasteiger charge is 2.24. The highest BCUT2D eigenvalue weighted by atomic mass is 35.5. The van der Waals surface area contributed by atoms with E-state index in [1.54, 1.807) is 19.9 Å². The zero-order chi connectivity index (χ0) is 20.0. The van der Waals surface area contributed by atoms with E-state index in [0.717, 1.165) is 0 Å². The Labute approximate surface area is 171 Å². The third kappa shape index (κ3) is 5.29. The van der Waals surface area contributed by atoms with Crippen LogP contribution < -0.4 is 5.32 Å². The predicted octanol–water partition coefficient (Wildman–Crippen LogP) is 3.75. The molecule has 0 atom stereocenters. The van der Waals surface area contributed by atoms with Gasteiger partial charge >= 0.3 is 0 Å². The predicted molar refractivity (Wildman–Crippen MR) is 110 cm³/mol. The second kappa shape index (κ2) is 9.65. The number of benzene rings is 1. The van der Waals surface area contributed by atoms with E-state index < -0.39 is 15.9 Å². The molecule has 0 bridgehead atoms. The number of anilines is 1. The lowest BCUT2D eigenvalue weighted by molar-refractivity contribution is 0.102. The Morgan fingerprint density at radius 1 is 1.37 bits per heavy atom. The van der Waals surface area contributed by atoms with Crippen LogP contribution in [0.15, 0.2) is 40.1 Å². The molecule has 0 saturated carbocycles. The molecule has 0 aliphatic heterocycles. The number of nitrogens with zero attached hydrogens (tertiary/aromatic N) is 3. The number of halogens is 1. The fraction of sp³-hybridized carbons (Fsp3) is 0.312. The summed E-state index contributed by atoms with van der Waals surface area (Å²) in [5.74, 6) is 0.132. The van der Waals surface area contributed by atoms with Gasteiger partial charge < -0.3 is 0 Å². The average molecular weight is 447 g/mol. The maximum absolute atomic E-state index is 12.7. The second-order valence-electron chi connectivity index (χ2n) is 5.16. The van der Waals surface area contributed by atoms with Gasteiger partial charge in [-0.15, -0.1) is 16.8 Å². The number of aromatic nitrogens is 2. The van der Waals surface area contributed by atoms with Crippen molar-refractivity contribution in [1.82, 2.24) is 14.5 Å². The molecule has 1 N–H and O–H groups in total. The second-order valence-corrected chi connectivity index (χ2v) is 9.75. The fourth-order valence-electron chi connectivity index (χ4n) is 2.16. The van der Waals surface area contributed by atoms with Gasteiger partial charge in [0.05, 0.1) is 15.5 Å². The van der Waals surface area contributed by atoms with Crippen LogP contribution in [-0.2, 0) is 10.0 Å². The molecule has 0 saturated heterocycles. The average Bonchev–Trinajstić information content (AvgIpc) is 3.08. The molecule has 27 heavy (non-hydrogen) atoms. The van der Waals surface area contributed by atoms with Crippen LogP contribution in [0.1, 0.15) is 24.2 Å². The molecule has 11 heteroatoms. The lowest BCUT2D eigenvalue weighted by atomic mass is 10.2. The first kappa shape index (κ1) is 21.8. The summed E-state index contributed by atoms with van der Waals surface area (Å²) in [6.45, 7) is 7.80. The van der Waals surface area contributed by atoms with Crippen molar-refractivity contribution >= 4 is 55.8 Å². The molecule has 7 nitrogen and oxygen atoms in total. The minimum absolute atomic E-state index is 0.0141. The molecule has 2 rings (SSSR count). The van der Waals surface area contributed by atoms with Gasteiger partial charge in [0.2, 0.25) is 15.2 Å². The molecule has 2 aromatic rings. The molecule has 0 fully saturated rings. The molecule has 1 aromatic carbocycles. The normalized spacial score (nSPS) is 11.6. The molecule has 0 aliphatic carbocycles. The van der Waals surface area contributed by atoms with Gasteiger partial charge in [-0.25, -0.2) is 8.42 Å². The fourth-order valence-corrected chi connectivity index (χ4v) is 5.36.